The van der Waals surface area contributed by atoms with E-state index in [9.17, 15) is 0 Å². The van der Waals surface area contributed by atoms with Crippen LogP contribution in [-0.4, -0.2) is 77.3 Å². The summed E-state index contributed by atoms with van der Waals surface area (Å²) in [6.07, 6.45) is 5.17. The highest BCUT2D eigenvalue weighted by atomic mass is 32.2. The summed E-state index contributed by atoms with van der Waals surface area (Å²) in [5.41, 5.74) is 1.42. The molecule has 1 saturated heterocycles. The number of hydrogen-bond acceptors (Lipinski definition) is 4. The van der Waals surface area contributed by atoms with Gasteiger partial charge in [0.2, 0.25) is 0 Å². The third-order valence-corrected chi connectivity index (χ3v) is 5.59. The van der Waals surface area contributed by atoms with E-state index in [1.807, 2.05) is 42.9 Å². The number of nitrogens with zero attached hydrogens (tertiary/aromatic N) is 5. The molecule has 2 rings (SSSR count). The third kappa shape index (κ3) is 3.95. The average molecular weight is 324 g/mol. The Kier molecular flexibility index (Phi) is 5.74. The van der Waals surface area contributed by atoms with Gasteiger partial charge in [-0.2, -0.15) is 16.9 Å². The topological polar surface area (TPSA) is 48.7 Å². The first-order chi connectivity index (χ1) is 10.5. The fourth-order valence-electron chi connectivity index (χ4n) is 2.78. The molecule has 0 aliphatic carbocycles. The van der Waals surface area contributed by atoms with E-state index in [-0.39, 0.29) is 5.54 Å². The van der Waals surface area contributed by atoms with Crippen molar-refractivity contribution in [2.24, 2.45) is 12.0 Å². The fraction of sp³-hybridized carbons (Fsp3) is 0.733. The molecule has 0 spiro atoms. The molecule has 1 aromatic rings. The van der Waals surface area contributed by atoms with Crippen LogP contribution in [0.3, 0.4) is 0 Å². The van der Waals surface area contributed by atoms with Crippen molar-refractivity contribution in [2.45, 2.75) is 18.5 Å². The quantitative estimate of drug-likeness (QED) is 0.643. The number of likely N-dealkylation sites (N-methyl/N-ethyl adjacent to an activating group) is 1. The van der Waals surface area contributed by atoms with Crippen LogP contribution in [-0.2, 0) is 13.6 Å². The van der Waals surface area contributed by atoms with Crippen molar-refractivity contribution in [2.75, 3.05) is 46.2 Å². The van der Waals surface area contributed by atoms with Gasteiger partial charge < -0.3 is 15.1 Å². The first-order valence-corrected chi connectivity index (χ1v) is 8.77. The van der Waals surface area contributed by atoms with E-state index in [4.69, 9.17) is 0 Å². The molecule has 0 aromatic carbocycles. The fourth-order valence-corrected chi connectivity index (χ4v) is 4.33. The molecule has 1 aromatic heterocycles. The van der Waals surface area contributed by atoms with Crippen LogP contribution in [0.2, 0.25) is 0 Å². The Bertz CT molecular complexity index is 504. The first kappa shape index (κ1) is 17.1. The Morgan fingerprint density at radius 2 is 2.27 bits per heavy atom. The van der Waals surface area contributed by atoms with Gasteiger partial charge in [0, 0.05) is 57.3 Å². The highest BCUT2D eigenvalue weighted by molar-refractivity contribution is 7.99. The second-order valence-electron chi connectivity index (χ2n) is 6.20. The van der Waals surface area contributed by atoms with Crippen molar-refractivity contribution in [3.05, 3.63) is 18.0 Å². The molecule has 124 valence electrons. The van der Waals surface area contributed by atoms with Gasteiger partial charge in [-0.25, -0.2) is 0 Å². The second-order valence-corrected chi connectivity index (χ2v) is 7.31. The second kappa shape index (κ2) is 7.37. The van der Waals surface area contributed by atoms with Crippen molar-refractivity contribution in [3.63, 3.8) is 0 Å². The summed E-state index contributed by atoms with van der Waals surface area (Å²) >= 11 is 2.04. The zero-order valence-corrected chi connectivity index (χ0v) is 15.2. The van der Waals surface area contributed by atoms with E-state index in [1.165, 1.54) is 23.5 Å². The minimum Gasteiger partial charge on any atom is -0.354 e. The Morgan fingerprint density at radius 1 is 1.50 bits per heavy atom. The van der Waals surface area contributed by atoms with Crippen LogP contribution in [0.1, 0.15) is 12.0 Å². The molecule has 1 aliphatic heterocycles. The van der Waals surface area contributed by atoms with E-state index >= 15 is 0 Å². The van der Waals surface area contributed by atoms with Crippen molar-refractivity contribution in [1.29, 1.82) is 0 Å². The number of guanidine groups is 1. The molecule has 0 radical (unpaired) electrons. The molecular weight excluding hydrogens is 296 g/mol. The molecule has 7 heteroatoms. The molecule has 6 nitrogen and oxygen atoms in total. The van der Waals surface area contributed by atoms with Gasteiger partial charge in [-0.3, -0.25) is 9.67 Å². The summed E-state index contributed by atoms with van der Waals surface area (Å²) < 4.78 is 1.83. The standard InChI is InChI=1S/C15H28N6S/c1-16-14(20(4)9-13-8-18-21(5)10-13)17-11-15(19(2)3)6-7-22-12-15/h8,10H,6-7,9,11-12H2,1-5H3,(H,16,17). The minimum absolute atomic E-state index is 0.232. The molecular formula is C15H28N6S. The van der Waals surface area contributed by atoms with Crippen LogP contribution in [0.15, 0.2) is 17.4 Å². The number of nitrogens with one attached hydrogen (secondary N) is 1. The van der Waals surface area contributed by atoms with Crippen molar-refractivity contribution >= 4 is 17.7 Å². The first-order valence-electron chi connectivity index (χ1n) is 7.61. The SMILES string of the molecule is CN=C(NCC1(N(C)C)CCSC1)N(C)Cc1cnn(C)c1. The van der Waals surface area contributed by atoms with Crippen LogP contribution >= 0.6 is 11.8 Å². The zero-order chi connectivity index (χ0) is 16.2. The van der Waals surface area contributed by atoms with Crippen LogP contribution in [0.4, 0.5) is 0 Å². The monoisotopic (exact) mass is 324 g/mol. The van der Waals surface area contributed by atoms with Gasteiger partial charge in [0.25, 0.3) is 0 Å². The summed E-state index contributed by atoms with van der Waals surface area (Å²) in [6.45, 7) is 1.73. The van der Waals surface area contributed by atoms with E-state index in [2.05, 4.69) is 46.4 Å². The van der Waals surface area contributed by atoms with Crippen LogP contribution in [0.25, 0.3) is 0 Å². The van der Waals surface area contributed by atoms with Gasteiger partial charge in [0.1, 0.15) is 0 Å². The lowest BCUT2D eigenvalue weighted by atomic mass is 9.97. The van der Waals surface area contributed by atoms with Gasteiger partial charge in [-0.1, -0.05) is 0 Å². The lowest BCUT2D eigenvalue weighted by molar-refractivity contribution is 0.181. The summed E-state index contributed by atoms with van der Waals surface area (Å²) in [5.74, 6) is 3.35. The lowest BCUT2D eigenvalue weighted by Crippen LogP contribution is -2.54. The number of aliphatic imine (C=N–C) groups is 1. The van der Waals surface area contributed by atoms with Crippen LogP contribution < -0.4 is 5.32 Å². The Labute approximate surface area is 138 Å². The maximum atomic E-state index is 4.42. The number of thioether (sulfide) groups is 1. The van der Waals surface area contributed by atoms with Gasteiger partial charge in [0.05, 0.1) is 6.20 Å². The number of aryl methyl sites for hydroxylation is 1. The number of aromatic nitrogens is 2. The maximum Gasteiger partial charge on any atom is 0.193 e. The average Bonchev–Trinajstić information content (AvgIpc) is 3.09. The highest BCUT2D eigenvalue weighted by Crippen LogP contribution is 2.31. The van der Waals surface area contributed by atoms with Crippen LogP contribution in [0, 0.1) is 0 Å². The van der Waals surface area contributed by atoms with Gasteiger partial charge >= 0.3 is 0 Å². The number of hydrogen-bond donors (Lipinski definition) is 1. The molecule has 1 unspecified atom stereocenters. The molecule has 1 aliphatic rings. The van der Waals surface area contributed by atoms with E-state index < -0.39 is 0 Å². The van der Waals surface area contributed by atoms with E-state index in [0.29, 0.717) is 0 Å². The predicted octanol–water partition coefficient (Wildman–Crippen LogP) is 0.865. The van der Waals surface area contributed by atoms with Crippen LogP contribution in [0.5, 0.6) is 0 Å². The zero-order valence-electron chi connectivity index (χ0n) is 14.3. The van der Waals surface area contributed by atoms with Gasteiger partial charge in [-0.05, 0) is 26.3 Å². The van der Waals surface area contributed by atoms with Crippen molar-refractivity contribution in [1.82, 2.24) is 24.9 Å². The molecule has 0 amide bonds. The van der Waals surface area contributed by atoms with Crippen molar-refractivity contribution < 1.29 is 0 Å². The van der Waals surface area contributed by atoms with Gasteiger partial charge in [0.15, 0.2) is 5.96 Å². The maximum absolute atomic E-state index is 4.42. The number of rotatable bonds is 5. The molecule has 1 fully saturated rings. The predicted molar refractivity (Wildman–Crippen MR) is 94.4 cm³/mol. The molecule has 1 atom stereocenters. The summed E-state index contributed by atoms with van der Waals surface area (Å²) in [4.78, 5) is 8.92. The molecule has 2 heterocycles. The smallest absolute Gasteiger partial charge is 0.193 e. The van der Waals surface area contributed by atoms with Crippen molar-refractivity contribution in [3.8, 4) is 0 Å². The Hall–Kier alpha value is -1.21. The Morgan fingerprint density at radius 3 is 2.77 bits per heavy atom. The molecule has 0 bridgehead atoms. The summed E-state index contributed by atoms with van der Waals surface area (Å²) in [5, 5.41) is 7.77. The molecule has 1 N–H and O–H groups in total. The molecule has 0 saturated carbocycles. The molecule has 22 heavy (non-hydrogen) atoms. The third-order valence-electron chi connectivity index (χ3n) is 4.36. The highest BCUT2D eigenvalue weighted by Gasteiger charge is 2.36. The van der Waals surface area contributed by atoms with E-state index in [1.54, 1.807) is 0 Å². The summed E-state index contributed by atoms with van der Waals surface area (Å²) in [7, 11) is 10.2. The minimum atomic E-state index is 0.232. The normalized spacial score (nSPS) is 22.4. The summed E-state index contributed by atoms with van der Waals surface area (Å²) in [6, 6.07) is 0. The largest absolute Gasteiger partial charge is 0.354 e. The van der Waals surface area contributed by atoms with Gasteiger partial charge in [-0.15, -0.1) is 0 Å². The Balaban J connectivity index is 1.94. The lowest BCUT2D eigenvalue weighted by Gasteiger charge is -2.37. The van der Waals surface area contributed by atoms with E-state index in [0.717, 1.165) is 19.0 Å².